The third kappa shape index (κ3) is 6.79. The monoisotopic (exact) mass is 388 g/mol. The molecule has 22 heavy (non-hydrogen) atoms. The molecule has 0 radical (unpaired) electrons. The summed E-state index contributed by atoms with van der Waals surface area (Å²) in [7, 11) is 0. The van der Waals surface area contributed by atoms with Gasteiger partial charge in [0.25, 0.3) is 0 Å². The molecule has 2 N–H and O–H groups in total. The summed E-state index contributed by atoms with van der Waals surface area (Å²) in [5.41, 5.74) is 0.411. The highest BCUT2D eigenvalue weighted by molar-refractivity contribution is 6.68. The Morgan fingerprint density at radius 1 is 1.18 bits per heavy atom. The molecule has 0 bridgehead atoms. The number of nitrogens with one attached hydrogen (secondary N) is 2. The number of carbonyl (C=O) groups is 2. The minimum Gasteiger partial charge on any atom is -0.450 e. The maximum Gasteiger partial charge on any atom is 0.413 e. The van der Waals surface area contributed by atoms with Crippen LogP contribution >= 0.6 is 46.4 Å². The SMILES string of the molecule is CCOC(=O)N[C@@H](OC(=O)Nc1ccc(Cl)cc1)C(Cl)(Cl)Cl. The van der Waals surface area contributed by atoms with Crippen LogP contribution in [0.3, 0.4) is 0 Å². The smallest absolute Gasteiger partial charge is 0.413 e. The highest BCUT2D eigenvalue weighted by Crippen LogP contribution is 2.31. The highest BCUT2D eigenvalue weighted by atomic mass is 35.6. The van der Waals surface area contributed by atoms with E-state index in [4.69, 9.17) is 51.1 Å². The number of carbonyl (C=O) groups excluding carboxylic acids is 2. The Kier molecular flexibility index (Phi) is 7.35. The second-order valence-corrected chi connectivity index (χ2v) is 6.63. The molecule has 2 amide bonds. The number of alkyl carbamates (subject to hydrolysis) is 1. The van der Waals surface area contributed by atoms with E-state index in [1.165, 1.54) is 0 Å². The number of anilines is 1. The quantitative estimate of drug-likeness (QED) is 0.593. The van der Waals surface area contributed by atoms with E-state index in [9.17, 15) is 9.59 Å². The number of halogens is 4. The summed E-state index contributed by atoms with van der Waals surface area (Å²) in [6.45, 7) is 1.70. The highest BCUT2D eigenvalue weighted by Gasteiger charge is 2.38. The number of hydrogen-bond donors (Lipinski definition) is 2. The van der Waals surface area contributed by atoms with Crippen LogP contribution in [0.1, 0.15) is 6.92 Å². The van der Waals surface area contributed by atoms with Crippen LogP contribution in [-0.2, 0) is 9.47 Å². The van der Waals surface area contributed by atoms with Crippen molar-refractivity contribution in [3.8, 4) is 0 Å². The van der Waals surface area contributed by atoms with Crippen LogP contribution in [0.5, 0.6) is 0 Å². The van der Waals surface area contributed by atoms with Gasteiger partial charge in [-0.3, -0.25) is 10.6 Å². The molecule has 1 aromatic carbocycles. The molecule has 0 unspecified atom stereocenters. The van der Waals surface area contributed by atoms with Gasteiger partial charge < -0.3 is 9.47 Å². The predicted octanol–water partition coefficient (Wildman–Crippen LogP) is 4.33. The maximum absolute atomic E-state index is 11.8. The lowest BCUT2D eigenvalue weighted by Gasteiger charge is -2.24. The van der Waals surface area contributed by atoms with Gasteiger partial charge in [0.2, 0.25) is 10.0 Å². The molecule has 0 spiro atoms. The molecular weight excluding hydrogens is 378 g/mol. The fourth-order valence-electron chi connectivity index (χ4n) is 1.25. The Hall–Kier alpha value is -1.08. The van der Waals surface area contributed by atoms with Gasteiger partial charge >= 0.3 is 12.2 Å². The molecule has 0 aromatic heterocycles. The number of amides is 2. The third-order valence-corrected chi connectivity index (χ3v) is 2.98. The van der Waals surface area contributed by atoms with Crippen LogP contribution in [0.25, 0.3) is 0 Å². The van der Waals surface area contributed by atoms with Crippen LogP contribution < -0.4 is 10.6 Å². The molecule has 0 aliphatic rings. The zero-order valence-electron chi connectivity index (χ0n) is 11.2. The molecule has 0 aliphatic heterocycles. The normalized spacial score (nSPS) is 12.2. The maximum atomic E-state index is 11.8. The molecule has 0 fully saturated rings. The van der Waals surface area contributed by atoms with E-state index < -0.39 is 22.2 Å². The van der Waals surface area contributed by atoms with Gasteiger partial charge in [-0.1, -0.05) is 46.4 Å². The molecule has 0 saturated carbocycles. The zero-order valence-corrected chi connectivity index (χ0v) is 14.3. The van der Waals surface area contributed by atoms with E-state index in [1.54, 1.807) is 31.2 Å². The average Bonchev–Trinajstić information content (AvgIpc) is 2.40. The Morgan fingerprint density at radius 3 is 2.27 bits per heavy atom. The van der Waals surface area contributed by atoms with E-state index in [0.717, 1.165) is 0 Å². The van der Waals surface area contributed by atoms with Crippen LogP contribution in [0.2, 0.25) is 5.02 Å². The summed E-state index contributed by atoms with van der Waals surface area (Å²) in [6.07, 6.45) is -3.36. The topological polar surface area (TPSA) is 76.7 Å². The lowest BCUT2D eigenvalue weighted by Crippen LogP contribution is -2.47. The molecule has 1 aromatic rings. The first-order valence-corrected chi connectivity index (χ1v) is 7.46. The van der Waals surface area contributed by atoms with Crippen molar-refractivity contribution in [1.29, 1.82) is 0 Å². The molecule has 122 valence electrons. The number of alkyl halides is 3. The average molecular weight is 390 g/mol. The lowest BCUT2D eigenvalue weighted by atomic mass is 10.3. The third-order valence-electron chi connectivity index (χ3n) is 2.14. The fourth-order valence-corrected chi connectivity index (χ4v) is 1.67. The first kappa shape index (κ1) is 19.0. The Labute approximate surface area is 146 Å². The molecule has 6 nitrogen and oxygen atoms in total. The number of hydrogen-bond acceptors (Lipinski definition) is 4. The van der Waals surface area contributed by atoms with Gasteiger partial charge in [-0.2, -0.15) is 0 Å². The Balaban J connectivity index is 2.66. The Morgan fingerprint density at radius 2 is 1.77 bits per heavy atom. The van der Waals surface area contributed by atoms with Crippen molar-refractivity contribution in [2.45, 2.75) is 16.9 Å². The van der Waals surface area contributed by atoms with Gasteiger partial charge in [0.1, 0.15) is 0 Å². The molecule has 1 atom stereocenters. The van der Waals surface area contributed by atoms with Gasteiger partial charge in [-0.15, -0.1) is 0 Å². The predicted molar refractivity (Wildman–Crippen MR) is 85.8 cm³/mol. The summed E-state index contributed by atoms with van der Waals surface area (Å²) < 4.78 is 7.42. The van der Waals surface area contributed by atoms with Crippen molar-refractivity contribution in [2.24, 2.45) is 0 Å². The van der Waals surface area contributed by atoms with Crippen molar-refractivity contribution in [1.82, 2.24) is 5.32 Å². The van der Waals surface area contributed by atoms with E-state index in [-0.39, 0.29) is 6.61 Å². The molecule has 0 aliphatic carbocycles. The van der Waals surface area contributed by atoms with Crippen molar-refractivity contribution in [3.05, 3.63) is 29.3 Å². The minimum absolute atomic E-state index is 0.107. The molecule has 0 saturated heterocycles. The van der Waals surface area contributed by atoms with Crippen molar-refractivity contribution < 1.29 is 19.1 Å². The minimum atomic E-state index is -2.08. The molecular formula is C12H12Cl4N2O4. The van der Waals surface area contributed by atoms with Crippen molar-refractivity contribution in [3.63, 3.8) is 0 Å². The Bertz CT molecular complexity index is 519. The van der Waals surface area contributed by atoms with E-state index in [2.05, 4.69) is 15.4 Å². The lowest BCUT2D eigenvalue weighted by molar-refractivity contribution is 0.0795. The molecule has 0 heterocycles. The van der Waals surface area contributed by atoms with Crippen molar-refractivity contribution >= 4 is 64.3 Å². The van der Waals surface area contributed by atoms with Crippen LogP contribution in [0.4, 0.5) is 15.3 Å². The molecule has 10 heteroatoms. The summed E-state index contributed by atoms with van der Waals surface area (Å²) in [4.78, 5) is 23.1. The largest absolute Gasteiger partial charge is 0.450 e. The summed E-state index contributed by atoms with van der Waals surface area (Å²) in [5.74, 6) is 0. The van der Waals surface area contributed by atoms with Gasteiger partial charge in [0, 0.05) is 10.7 Å². The number of benzene rings is 1. The second kappa shape index (κ2) is 8.53. The van der Waals surface area contributed by atoms with Crippen LogP contribution in [0.15, 0.2) is 24.3 Å². The second-order valence-electron chi connectivity index (χ2n) is 3.82. The van der Waals surface area contributed by atoms with Crippen LogP contribution in [-0.4, -0.2) is 28.8 Å². The van der Waals surface area contributed by atoms with Gasteiger partial charge in [-0.05, 0) is 31.2 Å². The standard InChI is InChI=1S/C12H12Cl4N2O4/c1-2-21-10(19)18-9(12(14,15)16)22-11(20)17-8-5-3-7(13)4-6-8/h3-6,9H,2H2,1H3,(H,17,20)(H,18,19)/t9-/m0/s1. The van der Waals surface area contributed by atoms with Crippen LogP contribution in [0, 0.1) is 0 Å². The first-order chi connectivity index (χ1) is 10.2. The van der Waals surface area contributed by atoms with Gasteiger partial charge in [0.15, 0.2) is 0 Å². The summed E-state index contributed by atoms with van der Waals surface area (Å²) in [6, 6.07) is 6.24. The van der Waals surface area contributed by atoms with Crippen molar-refractivity contribution in [2.75, 3.05) is 11.9 Å². The first-order valence-electron chi connectivity index (χ1n) is 5.95. The molecule has 1 rings (SSSR count). The fraction of sp³-hybridized carbons (Fsp3) is 0.333. The van der Waals surface area contributed by atoms with E-state index in [0.29, 0.717) is 10.7 Å². The van der Waals surface area contributed by atoms with E-state index >= 15 is 0 Å². The van der Waals surface area contributed by atoms with E-state index in [1.807, 2.05) is 0 Å². The van der Waals surface area contributed by atoms with Gasteiger partial charge in [0.05, 0.1) is 6.61 Å². The number of rotatable bonds is 4. The summed E-state index contributed by atoms with van der Waals surface area (Å²) >= 11 is 22.7. The number of ether oxygens (including phenoxy) is 2. The summed E-state index contributed by atoms with van der Waals surface area (Å²) in [5, 5.41) is 5.01. The van der Waals surface area contributed by atoms with Gasteiger partial charge in [-0.25, -0.2) is 9.59 Å². The zero-order chi connectivity index (χ0) is 16.8.